The van der Waals surface area contributed by atoms with Gasteiger partial charge in [-0.25, -0.2) is 8.42 Å². The van der Waals surface area contributed by atoms with Crippen LogP contribution >= 0.6 is 39.1 Å². The quantitative estimate of drug-likeness (QED) is 0.272. The molecule has 1 N–H and O–H groups in total. The van der Waals surface area contributed by atoms with Crippen LogP contribution in [0.15, 0.2) is 77.3 Å². The summed E-state index contributed by atoms with van der Waals surface area (Å²) >= 11 is 15.9. The van der Waals surface area contributed by atoms with Crippen molar-refractivity contribution in [3.8, 4) is 0 Å². The van der Waals surface area contributed by atoms with Gasteiger partial charge in [-0.05, 0) is 47.9 Å². The topological polar surface area (TPSA) is 86.8 Å². The molecule has 0 aliphatic carbocycles. The highest BCUT2D eigenvalue weighted by Crippen LogP contribution is 2.26. The number of sulfonamides is 1. The first-order valence-corrected chi connectivity index (χ1v) is 15.7. The summed E-state index contributed by atoms with van der Waals surface area (Å²) in [5.41, 5.74) is 1.74. The fraction of sp³-hybridized carbons (Fsp3) is 0.286. The first-order chi connectivity index (χ1) is 18.5. The Labute approximate surface area is 248 Å². The van der Waals surface area contributed by atoms with E-state index in [4.69, 9.17) is 23.2 Å². The average Bonchev–Trinajstić information content (AvgIpc) is 2.88. The fourth-order valence-corrected chi connectivity index (χ4v) is 5.70. The summed E-state index contributed by atoms with van der Waals surface area (Å²) < 4.78 is 27.3. The zero-order valence-electron chi connectivity index (χ0n) is 21.6. The van der Waals surface area contributed by atoms with E-state index < -0.39 is 28.5 Å². The molecule has 208 valence electrons. The van der Waals surface area contributed by atoms with E-state index in [0.29, 0.717) is 38.7 Å². The standard InChI is InChI=1S/C28H30BrCl2N3O4S/c1-3-14-32-28(36)26(15-20-8-5-4-6-9-20)33(18-21-12-13-23(30)17-25(21)31)27(35)19-34(39(2,37)38)24-11-7-10-22(29)16-24/h4-13,16-17,26H,3,14-15,18-19H2,1-2H3,(H,32,36)/t26-/m1/s1. The SMILES string of the molecule is CCCNC(=O)[C@@H](Cc1ccccc1)N(Cc1ccc(Cl)cc1Cl)C(=O)CN(c1cccc(Br)c1)S(C)(=O)=O. The van der Waals surface area contributed by atoms with Gasteiger partial charge in [-0.2, -0.15) is 0 Å². The van der Waals surface area contributed by atoms with Crippen molar-refractivity contribution < 1.29 is 18.0 Å². The van der Waals surface area contributed by atoms with Gasteiger partial charge in [0.15, 0.2) is 0 Å². The summed E-state index contributed by atoms with van der Waals surface area (Å²) in [5.74, 6) is -0.897. The van der Waals surface area contributed by atoms with E-state index in [1.807, 2.05) is 37.3 Å². The van der Waals surface area contributed by atoms with Crippen molar-refractivity contribution in [1.82, 2.24) is 10.2 Å². The minimum atomic E-state index is -3.85. The van der Waals surface area contributed by atoms with E-state index in [1.54, 1.807) is 42.5 Å². The second-order valence-electron chi connectivity index (χ2n) is 9.00. The van der Waals surface area contributed by atoms with Crippen LogP contribution < -0.4 is 9.62 Å². The number of carbonyl (C=O) groups excluding carboxylic acids is 2. The second-order valence-corrected chi connectivity index (χ2v) is 12.7. The van der Waals surface area contributed by atoms with E-state index in [2.05, 4.69) is 21.2 Å². The lowest BCUT2D eigenvalue weighted by atomic mass is 10.0. The molecule has 3 rings (SSSR count). The number of nitrogens with zero attached hydrogens (tertiary/aromatic N) is 2. The lowest BCUT2D eigenvalue weighted by Gasteiger charge is -2.33. The van der Waals surface area contributed by atoms with Crippen molar-refractivity contribution in [2.75, 3.05) is 23.7 Å². The van der Waals surface area contributed by atoms with Crippen LogP contribution in [0.5, 0.6) is 0 Å². The lowest BCUT2D eigenvalue weighted by Crippen LogP contribution is -2.53. The predicted molar refractivity (Wildman–Crippen MR) is 161 cm³/mol. The molecular weight excluding hydrogens is 625 g/mol. The van der Waals surface area contributed by atoms with Gasteiger partial charge in [0.2, 0.25) is 21.8 Å². The van der Waals surface area contributed by atoms with Gasteiger partial charge in [0, 0.05) is 34.0 Å². The molecule has 0 saturated heterocycles. The largest absolute Gasteiger partial charge is 0.354 e. The van der Waals surface area contributed by atoms with E-state index in [9.17, 15) is 18.0 Å². The lowest BCUT2D eigenvalue weighted by molar-refractivity contribution is -0.140. The number of carbonyl (C=O) groups is 2. The Morgan fingerprint density at radius 3 is 2.33 bits per heavy atom. The molecule has 1 atom stereocenters. The van der Waals surface area contributed by atoms with Gasteiger partial charge in [-0.3, -0.25) is 13.9 Å². The molecule has 2 amide bonds. The zero-order valence-corrected chi connectivity index (χ0v) is 25.5. The van der Waals surface area contributed by atoms with Gasteiger partial charge in [0.05, 0.1) is 11.9 Å². The monoisotopic (exact) mass is 653 g/mol. The highest BCUT2D eigenvalue weighted by molar-refractivity contribution is 9.10. The highest BCUT2D eigenvalue weighted by Gasteiger charge is 2.33. The van der Waals surface area contributed by atoms with Crippen molar-refractivity contribution >= 4 is 66.7 Å². The smallest absolute Gasteiger partial charge is 0.244 e. The zero-order chi connectivity index (χ0) is 28.6. The third-order valence-electron chi connectivity index (χ3n) is 5.95. The minimum absolute atomic E-state index is 0.0258. The van der Waals surface area contributed by atoms with Gasteiger partial charge in [-0.1, -0.05) is 88.5 Å². The fourth-order valence-electron chi connectivity index (χ4n) is 4.00. The first-order valence-electron chi connectivity index (χ1n) is 12.3. The van der Waals surface area contributed by atoms with E-state index >= 15 is 0 Å². The van der Waals surface area contributed by atoms with Crippen LogP contribution in [0.1, 0.15) is 24.5 Å². The summed E-state index contributed by atoms with van der Waals surface area (Å²) in [5, 5.41) is 3.66. The maximum absolute atomic E-state index is 14.0. The van der Waals surface area contributed by atoms with Crippen molar-refractivity contribution in [3.05, 3.63) is 98.4 Å². The number of hydrogen-bond donors (Lipinski definition) is 1. The average molecular weight is 655 g/mol. The number of amides is 2. The molecule has 0 radical (unpaired) electrons. The van der Waals surface area contributed by atoms with E-state index in [0.717, 1.165) is 16.1 Å². The van der Waals surface area contributed by atoms with Crippen LogP contribution in [0.3, 0.4) is 0 Å². The van der Waals surface area contributed by atoms with Gasteiger partial charge < -0.3 is 10.2 Å². The predicted octanol–water partition coefficient (Wildman–Crippen LogP) is 5.69. The summed E-state index contributed by atoms with van der Waals surface area (Å²) in [4.78, 5) is 28.9. The molecule has 39 heavy (non-hydrogen) atoms. The molecule has 3 aromatic carbocycles. The third kappa shape index (κ3) is 8.96. The molecule has 0 aromatic heterocycles. The van der Waals surface area contributed by atoms with Crippen LogP contribution in [-0.2, 0) is 32.6 Å². The molecule has 3 aromatic rings. The highest BCUT2D eigenvalue weighted by atomic mass is 79.9. The van der Waals surface area contributed by atoms with Gasteiger partial charge in [-0.15, -0.1) is 0 Å². The van der Waals surface area contributed by atoms with Crippen molar-refractivity contribution in [2.45, 2.75) is 32.4 Å². The number of anilines is 1. The van der Waals surface area contributed by atoms with E-state index in [1.165, 1.54) is 4.90 Å². The Hall–Kier alpha value is -2.59. The Bertz CT molecular complexity index is 1410. The summed E-state index contributed by atoms with van der Waals surface area (Å²) in [6.07, 6.45) is 1.98. The van der Waals surface area contributed by atoms with Crippen LogP contribution in [0.25, 0.3) is 0 Å². The van der Waals surface area contributed by atoms with Crippen LogP contribution in [0.2, 0.25) is 10.0 Å². The van der Waals surface area contributed by atoms with Crippen LogP contribution in [0.4, 0.5) is 5.69 Å². The minimum Gasteiger partial charge on any atom is -0.354 e. The number of nitrogens with one attached hydrogen (secondary N) is 1. The maximum Gasteiger partial charge on any atom is 0.244 e. The molecule has 0 fully saturated rings. The Morgan fingerprint density at radius 2 is 1.72 bits per heavy atom. The van der Waals surface area contributed by atoms with Crippen LogP contribution in [0, 0.1) is 0 Å². The first kappa shape index (κ1) is 30.9. The number of halogens is 3. The van der Waals surface area contributed by atoms with Crippen molar-refractivity contribution in [1.29, 1.82) is 0 Å². The number of rotatable bonds is 12. The van der Waals surface area contributed by atoms with Crippen molar-refractivity contribution in [3.63, 3.8) is 0 Å². The normalized spacial score (nSPS) is 12.0. The third-order valence-corrected chi connectivity index (χ3v) is 8.17. The molecule has 0 heterocycles. The second kappa shape index (κ2) is 14.2. The van der Waals surface area contributed by atoms with Gasteiger partial charge in [0.1, 0.15) is 12.6 Å². The Balaban J connectivity index is 2.07. The van der Waals surface area contributed by atoms with E-state index in [-0.39, 0.29) is 18.9 Å². The molecular formula is C28H30BrCl2N3O4S. The molecule has 0 saturated carbocycles. The number of benzene rings is 3. The molecule has 11 heteroatoms. The Morgan fingerprint density at radius 1 is 1.00 bits per heavy atom. The molecule has 0 aliphatic heterocycles. The van der Waals surface area contributed by atoms with Gasteiger partial charge in [0.25, 0.3) is 0 Å². The molecule has 0 unspecified atom stereocenters. The maximum atomic E-state index is 14.0. The molecule has 0 bridgehead atoms. The Kier molecular flexibility index (Phi) is 11.2. The van der Waals surface area contributed by atoms with Crippen LogP contribution in [-0.4, -0.2) is 50.5 Å². The molecule has 0 aliphatic rings. The van der Waals surface area contributed by atoms with Gasteiger partial charge >= 0.3 is 0 Å². The molecule has 7 nitrogen and oxygen atoms in total. The van der Waals surface area contributed by atoms with Crippen molar-refractivity contribution in [2.24, 2.45) is 0 Å². The summed E-state index contributed by atoms with van der Waals surface area (Å²) in [7, 11) is -3.85. The summed E-state index contributed by atoms with van der Waals surface area (Å²) in [6, 6.07) is 20.0. The molecule has 0 spiro atoms. The number of hydrogen-bond acceptors (Lipinski definition) is 4. The summed E-state index contributed by atoms with van der Waals surface area (Å²) in [6.45, 7) is 1.83.